The van der Waals surface area contributed by atoms with Gasteiger partial charge in [-0.05, 0) is 60.6 Å². The van der Waals surface area contributed by atoms with E-state index < -0.39 is 8.07 Å². The smallest absolute Gasteiger partial charge is 0.0656 e. The summed E-state index contributed by atoms with van der Waals surface area (Å²) in [7, 11) is -1.47. The lowest BCUT2D eigenvalue weighted by molar-refractivity contribution is 1.66. The third kappa shape index (κ3) is 3.45. The zero-order valence-electron chi connectivity index (χ0n) is 20.0. The third-order valence-corrected chi connectivity index (χ3v) is 9.03. The molecule has 0 aliphatic rings. The largest absolute Gasteiger partial charge is 0.0776 e. The van der Waals surface area contributed by atoms with E-state index in [0.717, 1.165) is 0 Å². The predicted molar refractivity (Wildman–Crippen MR) is 153 cm³/mol. The summed E-state index contributed by atoms with van der Waals surface area (Å²) in [6, 6.07) is 42.6. The van der Waals surface area contributed by atoms with E-state index in [0.29, 0.717) is 0 Å². The van der Waals surface area contributed by atoms with Crippen LogP contribution in [0.25, 0.3) is 54.6 Å². The van der Waals surface area contributed by atoms with Gasteiger partial charge in [-0.1, -0.05) is 134 Å². The van der Waals surface area contributed by atoms with Gasteiger partial charge in [0.05, 0.1) is 8.07 Å². The van der Waals surface area contributed by atoms with Gasteiger partial charge in [-0.25, -0.2) is 0 Å². The fourth-order valence-electron chi connectivity index (χ4n) is 5.22. The maximum Gasteiger partial charge on any atom is 0.0776 e. The maximum absolute atomic E-state index is 2.49. The Balaban J connectivity index is 1.80. The summed E-state index contributed by atoms with van der Waals surface area (Å²) in [5.41, 5.74) is 5.23. The third-order valence-electron chi connectivity index (χ3n) is 6.99. The number of hydrogen-bond acceptors (Lipinski definition) is 0. The minimum Gasteiger partial charge on any atom is -0.0656 e. The fourth-order valence-corrected chi connectivity index (χ4v) is 6.38. The normalized spacial score (nSPS) is 12.0. The van der Waals surface area contributed by atoms with Crippen LogP contribution in [0.4, 0.5) is 0 Å². The molecular weight excluding hydrogens is 424 g/mol. The number of rotatable bonds is 3. The molecule has 0 saturated carbocycles. The van der Waals surface area contributed by atoms with Gasteiger partial charge in [0, 0.05) is 0 Å². The van der Waals surface area contributed by atoms with Gasteiger partial charge >= 0.3 is 0 Å². The van der Waals surface area contributed by atoms with Gasteiger partial charge in [0.15, 0.2) is 0 Å². The highest BCUT2D eigenvalue weighted by atomic mass is 28.3. The van der Waals surface area contributed by atoms with E-state index in [1.54, 1.807) is 0 Å². The molecule has 0 radical (unpaired) electrons. The van der Waals surface area contributed by atoms with Crippen LogP contribution in [0.3, 0.4) is 0 Å². The first-order chi connectivity index (χ1) is 16.5. The molecule has 0 nitrogen and oxygen atoms in total. The fraction of sp³-hybridized carbons (Fsp3) is 0.0909. The summed E-state index contributed by atoms with van der Waals surface area (Å²) in [6.07, 6.45) is 0. The molecule has 0 unspecified atom stereocenters. The van der Waals surface area contributed by atoms with Crippen LogP contribution in [0, 0.1) is 0 Å². The van der Waals surface area contributed by atoms with Crippen molar-refractivity contribution in [1.29, 1.82) is 0 Å². The van der Waals surface area contributed by atoms with Crippen molar-refractivity contribution in [2.75, 3.05) is 0 Å². The Morgan fingerprint density at radius 1 is 0.412 bits per heavy atom. The maximum atomic E-state index is 2.49. The molecule has 0 saturated heterocycles. The molecule has 6 aromatic rings. The van der Waals surface area contributed by atoms with E-state index in [1.165, 1.54) is 59.8 Å². The molecule has 164 valence electrons. The molecule has 1 heteroatoms. The zero-order valence-corrected chi connectivity index (χ0v) is 21.0. The first-order valence-electron chi connectivity index (χ1n) is 12.0. The van der Waals surface area contributed by atoms with Gasteiger partial charge in [-0.2, -0.15) is 0 Å². The molecule has 0 aromatic heterocycles. The van der Waals surface area contributed by atoms with Gasteiger partial charge in [0.25, 0.3) is 0 Å². The van der Waals surface area contributed by atoms with E-state index >= 15 is 0 Å². The molecule has 0 fully saturated rings. The van der Waals surface area contributed by atoms with Crippen LogP contribution >= 0.6 is 0 Å². The molecule has 34 heavy (non-hydrogen) atoms. The van der Waals surface area contributed by atoms with Crippen LogP contribution in [0.2, 0.25) is 19.6 Å². The van der Waals surface area contributed by atoms with Gasteiger partial charge in [-0.3, -0.25) is 0 Å². The second-order valence-electron chi connectivity index (χ2n) is 10.2. The van der Waals surface area contributed by atoms with Gasteiger partial charge in [0.2, 0.25) is 0 Å². The highest BCUT2D eigenvalue weighted by Crippen LogP contribution is 2.43. The van der Waals surface area contributed by atoms with E-state index in [-0.39, 0.29) is 0 Å². The molecule has 6 aromatic carbocycles. The van der Waals surface area contributed by atoms with Crippen LogP contribution in [0.15, 0.2) is 115 Å². The predicted octanol–water partition coefficient (Wildman–Crippen LogP) is 9.03. The summed E-state index contributed by atoms with van der Waals surface area (Å²) in [5.74, 6) is 0. The highest BCUT2D eigenvalue weighted by Gasteiger charge is 2.21. The van der Waals surface area contributed by atoms with Crippen LogP contribution < -0.4 is 5.19 Å². The average molecular weight is 453 g/mol. The van der Waals surface area contributed by atoms with Crippen molar-refractivity contribution in [3.8, 4) is 22.3 Å². The first-order valence-corrected chi connectivity index (χ1v) is 15.5. The Morgan fingerprint density at radius 3 is 1.71 bits per heavy atom. The van der Waals surface area contributed by atoms with E-state index in [4.69, 9.17) is 0 Å². The summed E-state index contributed by atoms with van der Waals surface area (Å²) in [6.45, 7) is 7.30. The minimum atomic E-state index is -1.47. The van der Waals surface area contributed by atoms with Crippen LogP contribution in [-0.4, -0.2) is 8.07 Å². The zero-order chi connectivity index (χ0) is 23.3. The molecular formula is C33H28Si. The van der Waals surface area contributed by atoms with Crippen LogP contribution in [-0.2, 0) is 0 Å². The van der Waals surface area contributed by atoms with Gasteiger partial charge in [-0.15, -0.1) is 0 Å². The van der Waals surface area contributed by atoms with E-state index in [9.17, 15) is 0 Å². The summed E-state index contributed by atoms with van der Waals surface area (Å²) < 4.78 is 0. The Morgan fingerprint density at radius 2 is 1.00 bits per heavy atom. The van der Waals surface area contributed by atoms with Crippen LogP contribution in [0.1, 0.15) is 0 Å². The first kappa shape index (κ1) is 20.9. The molecule has 0 aliphatic carbocycles. The molecule has 0 atom stereocenters. The monoisotopic (exact) mass is 452 g/mol. The van der Waals surface area contributed by atoms with Gasteiger partial charge in [0.1, 0.15) is 0 Å². The lowest BCUT2D eigenvalue weighted by Crippen LogP contribution is -2.37. The summed E-state index contributed by atoms with van der Waals surface area (Å²) >= 11 is 0. The molecule has 0 amide bonds. The topological polar surface area (TPSA) is 0 Å². The lowest BCUT2D eigenvalue weighted by Gasteiger charge is -2.22. The minimum absolute atomic E-state index is 1.28. The van der Waals surface area contributed by atoms with Crippen molar-refractivity contribution < 1.29 is 0 Å². The Hall–Kier alpha value is -3.68. The second-order valence-corrected chi connectivity index (χ2v) is 15.3. The van der Waals surface area contributed by atoms with E-state index in [2.05, 4.69) is 135 Å². The van der Waals surface area contributed by atoms with Crippen molar-refractivity contribution in [1.82, 2.24) is 0 Å². The molecule has 0 heterocycles. The van der Waals surface area contributed by atoms with Crippen molar-refractivity contribution in [3.63, 3.8) is 0 Å². The van der Waals surface area contributed by atoms with Crippen molar-refractivity contribution in [2.45, 2.75) is 19.6 Å². The summed E-state index contributed by atoms with van der Waals surface area (Å²) in [4.78, 5) is 0. The Bertz CT molecular complexity index is 1670. The highest BCUT2D eigenvalue weighted by molar-refractivity contribution is 6.88. The molecule has 0 bridgehead atoms. The van der Waals surface area contributed by atoms with E-state index in [1.807, 2.05) is 0 Å². The molecule has 0 spiro atoms. The summed E-state index contributed by atoms with van der Waals surface area (Å²) in [5, 5.41) is 9.37. The van der Waals surface area contributed by atoms with Crippen molar-refractivity contribution >= 4 is 45.6 Å². The van der Waals surface area contributed by atoms with Crippen molar-refractivity contribution in [2.24, 2.45) is 0 Å². The Labute approximate surface area is 202 Å². The second kappa shape index (κ2) is 7.97. The average Bonchev–Trinajstić information content (AvgIpc) is 2.86. The lowest BCUT2D eigenvalue weighted by atomic mass is 9.85. The molecule has 0 N–H and O–H groups in total. The number of hydrogen-bond donors (Lipinski definition) is 0. The standard InChI is InChI=1S/C33H28Si/c1-34(2,3)27-19-20-30-31(22-27)32(24-12-5-4-6-13-24)28-15-9-10-16-29(28)33(30)26-18-17-23-11-7-8-14-25(23)21-26/h4-22H,1-3H3. The quantitative estimate of drug-likeness (QED) is 0.186. The van der Waals surface area contributed by atoms with Crippen LogP contribution in [0.5, 0.6) is 0 Å². The van der Waals surface area contributed by atoms with Gasteiger partial charge < -0.3 is 0 Å². The molecule has 6 rings (SSSR count). The Kier molecular flexibility index (Phi) is 4.90. The SMILES string of the molecule is C[Si](C)(C)c1ccc2c(-c3ccc4ccccc4c3)c3ccccc3c(-c3ccccc3)c2c1. The van der Waals surface area contributed by atoms with Crippen molar-refractivity contribution in [3.05, 3.63) is 115 Å². The molecule has 0 aliphatic heterocycles. The number of benzene rings is 6. The number of fused-ring (bicyclic) bond motifs is 3.